The van der Waals surface area contributed by atoms with Gasteiger partial charge < -0.3 is 20.2 Å². The van der Waals surface area contributed by atoms with E-state index in [2.05, 4.69) is 5.32 Å². The van der Waals surface area contributed by atoms with Crippen LogP contribution in [-0.4, -0.2) is 67.2 Å². The fourth-order valence-electron chi connectivity index (χ4n) is 2.07. The van der Waals surface area contributed by atoms with Crippen LogP contribution in [0.2, 0.25) is 0 Å². The molecule has 1 saturated carbocycles. The predicted octanol–water partition coefficient (Wildman–Crippen LogP) is 0.443. The lowest BCUT2D eigenvalue weighted by Gasteiger charge is -2.22. The number of aliphatic carboxylic acids is 1. The molecule has 0 aromatic carbocycles. The van der Waals surface area contributed by atoms with E-state index in [0.29, 0.717) is 19.4 Å². The van der Waals surface area contributed by atoms with Crippen molar-refractivity contribution in [1.82, 2.24) is 15.1 Å². The highest BCUT2D eigenvalue weighted by Gasteiger charge is 2.30. The van der Waals surface area contributed by atoms with Gasteiger partial charge in [0, 0.05) is 26.2 Å². The van der Waals surface area contributed by atoms with Crippen molar-refractivity contribution in [1.29, 1.82) is 0 Å². The third kappa shape index (κ3) is 4.52. The van der Waals surface area contributed by atoms with Gasteiger partial charge in [0.05, 0.1) is 5.92 Å². The van der Waals surface area contributed by atoms with Crippen LogP contribution in [0.3, 0.4) is 0 Å². The molecule has 0 radical (unpaired) electrons. The molecule has 1 fully saturated rings. The summed E-state index contributed by atoms with van der Waals surface area (Å²) in [6.07, 6.45) is 1.95. The van der Waals surface area contributed by atoms with Crippen molar-refractivity contribution in [3.05, 3.63) is 0 Å². The third-order valence-electron chi connectivity index (χ3n) is 3.34. The van der Waals surface area contributed by atoms with Gasteiger partial charge in [-0.1, -0.05) is 0 Å². The summed E-state index contributed by atoms with van der Waals surface area (Å²) < 4.78 is 0. The number of nitrogens with one attached hydrogen (secondary N) is 1. The van der Waals surface area contributed by atoms with Crippen molar-refractivity contribution in [2.75, 3.05) is 34.2 Å². The van der Waals surface area contributed by atoms with Gasteiger partial charge in [-0.25, -0.2) is 4.79 Å². The molecule has 104 valence electrons. The molecule has 0 heterocycles. The Morgan fingerprint density at radius 1 is 1.22 bits per heavy atom. The lowest BCUT2D eigenvalue weighted by atomic mass is 10.1. The molecule has 1 aliphatic rings. The number of urea groups is 1. The molecule has 1 rings (SSSR count). The number of amides is 2. The Morgan fingerprint density at radius 2 is 1.89 bits per heavy atom. The van der Waals surface area contributed by atoms with Gasteiger partial charge in [0.1, 0.15) is 0 Å². The van der Waals surface area contributed by atoms with Crippen molar-refractivity contribution in [3.8, 4) is 0 Å². The first-order valence-electron chi connectivity index (χ1n) is 6.29. The Bertz CT molecular complexity index is 307. The Kier molecular flexibility index (Phi) is 5.40. The van der Waals surface area contributed by atoms with E-state index in [9.17, 15) is 9.59 Å². The lowest BCUT2D eigenvalue weighted by molar-refractivity contribution is -0.141. The second-order valence-electron chi connectivity index (χ2n) is 5.22. The van der Waals surface area contributed by atoms with E-state index >= 15 is 0 Å². The first kappa shape index (κ1) is 14.8. The number of carbonyl (C=O) groups excluding carboxylic acids is 1. The summed E-state index contributed by atoms with van der Waals surface area (Å²) in [5, 5.41) is 11.8. The van der Waals surface area contributed by atoms with Crippen LogP contribution in [0.5, 0.6) is 0 Å². The molecular formula is C12H23N3O3. The summed E-state index contributed by atoms with van der Waals surface area (Å²) in [7, 11) is 5.67. The van der Waals surface area contributed by atoms with Gasteiger partial charge in [-0.15, -0.1) is 0 Å². The fourth-order valence-corrected chi connectivity index (χ4v) is 2.07. The van der Waals surface area contributed by atoms with Crippen molar-refractivity contribution < 1.29 is 14.7 Å². The minimum absolute atomic E-state index is 0.000376. The Hall–Kier alpha value is -1.30. The second-order valence-corrected chi connectivity index (χ2v) is 5.22. The largest absolute Gasteiger partial charge is 0.481 e. The molecule has 2 atom stereocenters. The molecule has 6 heteroatoms. The normalized spacial score (nSPS) is 23.1. The van der Waals surface area contributed by atoms with Crippen LogP contribution in [0.25, 0.3) is 0 Å². The Balaban J connectivity index is 2.30. The van der Waals surface area contributed by atoms with Gasteiger partial charge in [-0.05, 0) is 33.4 Å². The van der Waals surface area contributed by atoms with Gasteiger partial charge in [0.2, 0.25) is 0 Å². The van der Waals surface area contributed by atoms with Crippen LogP contribution >= 0.6 is 0 Å². The minimum atomic E-state index is -0.757. The smallest absolute Gasteiger partial charge is 0.317 e. The number of hydrogen-bond acceptors (Lipinski definition) is 3. The molecule has 2 amide bonds. The maximum Gasteiger partial charge on any atom is 0.317 e. The average Bonchev–Trinajstić information content (AvgIpc) is 2.74. The number of carbonyl (C=O) groups is 2. The van der Waals surface area contributed by atoms with Gasteiger partial charge in [0.25, 0.3) is 0 Å². The number of hydrogen-bond donors (Lipinski definition) is 2. The van der Waals surface area contributed by atoms with Crippen LogP contribution in [-0.2, 0) is 4.79 Å². The molecule has 0 aromatic heterocycles. The SMILES string of the molecule is CN(C)CCN(C)C(=O)NC1CCC(C(=O)O)C1. The number of likely N-dealkylation sites (N-methyl/N-ethyl adjacent to an activating group) is 2. The summed E-state index contributed by atoms with van der Waals surface area (Å²) in [5.41, 5.74) is 0. The van der Waals surface area contributed by atoms with Crippen LogP contribution < -0.4 is 5.32 Å². The van der Waals surface area contributed by atoms with E-state index in [1.807, 2.05) is 19.0 Å². The summed E-state index contributed by atoms with van der Waals surface area (Å²) in [5.74, 6) is -1.06. The molecule has 0 saturated heterocycles. The molecule has 1 aliphatic carbocycles. The zero-order valence-corrected chi connectivity index (χ0v) is 11.3. The molecule has 2 N–H and O–H groups in total. The number of carboxylic acid groups (broad SMARTS) is 1. The van der Waals surface area contributed by atoms with Crippen LogP contribution in [0.4, 0.5) is 4.79 Å². The number of rotatable bonds is 5. The summed E-state index contributed by atoms with van der Waals surface area (Å²) in [4.78, 5) is 26.3. The molecule has 0 aliphatic heterocycles. The highest BCUT2D eigenvalue weighted by atomic mass is 16.4. The summed E-state index contributed by atoms with van der Waals surface area (Å²) >= 11 is 0. The van der Waals surface area contributed by atoms with E-state index < -0.39 is 5.97 Å². The molecule has 2 unspecified atom stereocenters. The topological polar surface area (TPSA) is 72.9 Å². The maximum absolute atomic E-state index is 11.8. The summed E-state index contributed by atoms with van der Waals surface area (Å²) in [6, 6.07) is -0.117. The zero-order valence-electron chi connectivity index (χ0n) is 11.3. The zero-order chi connectivity index (χ0) is 13.7. The van der Waals surface area contributed by atoms with E-state index in [1.54, 1.807) is 11.9 Å². The lowest BCUT2D eigenvalue weighted by Crippen LogP contribution is -2.44. The molecule has 0 aromatic rings. The molecular weight excluding hydrogens is 234 g/mol. The van der Waals surface area contributed by atoms with Crippen LogP contribution in [0.15, 0.2) is 0 Å². The molecule has 0 spiro atoms. The van der Waals surface area contributed by atoms with Crippen molar-refractivity contribution in [2.24, 2.45) is 5.92 Å². The monoisotopic (exact) mass is 257 g/mol. The Labute approximate surface area is 108 Å². The van der Waals surface area contributed by atoms with Gasteiger partial charge >= 0.3 is 12.0 Å². The maximum atomic E-state index is 11.8. The predicted molar refractivity (Wildman–Crippen MR) is 68.5 cm³/mol. The number of carboxylic acids is 1. The first-order valence-corrected chi connectivity index (χ1v) is 6.29. The quantitative estimate of drug-likeness (QED) is 0.749. The third-order valence-corrected chi connectivity index (χ3v) is 3.34. The average molecular weight is 257 g/mol. The van der Waals surface area contributed by atoms with Gasteiger partial charge in [-0.2, -0.15) is 0 Å². The van der Waals surface area contributed by atoms with E-state index in [4.69, 9.17) is 5.11 Å². The fraction of sp³-hybridized carbons (Fsp3) is 0.833. The van der Waals surface area contributed by atoms with Crippen LogP contribution in [0.1, 0.15) is 19.3 Å². The van der Waals surface area contributed by atoms with Gasteiger partial charge in [-0.3, -0.25) is 4.79 Å². The van der Waals surface area contributed by atoms with E-state index in [1.165, 1.54) is 0 Å². The highest BCUT2D eigenvalue weighted by molar-refractivity contribution is 5.75. The second kappa shape index (κ2) is 6.58. The molecule has 6 nitrogen and oxygen atoms in total. The van der Waals surface area contributed by atoms with Crippen LogP contribution in [0, 0.1) is 5.92 Å². The van der Waals surface area contributed by atoms with E-state index in [0.717, 1.165) is 13.0 Å². The Morgan fingerprint density at radius 3 is 2.39 bits per heavy atom. The summed E-state index contributed by atoms with van der Waals surface area (Å²) in [6.45, 7) is 1.47. The first-order chi connectivity index (χ1) is 8.40. The molecule has 0 bridgehead atoms. The standard InChI is InChI=1S/C12H23N3O3/c1-14(2)6-7-15(3)12(18)13-10-5-4-9(8-10)11(16)17/h9-10H,4-8H2,1-3H3,(H,13,18)(H,16,17). The van der Waals surface area contributed by atoms with Crippen molar-refractivity contribution in [3.63, 3.8) is 0 Å². The van der Waals surface area contributed by atoms with E-state index in [-0.39, 0.29) is 18.0 Å². The van der Waals surface area contributed by atoms with Crippen molar-refractivity contribution >= 4 is 12.0 Å². The highest BCUT2D eigenvalue weighted by Crippen LogP contribution is 2.25. The van der Waals surface area contributed by atoms with Crippen molar-refractivity contribution in [2.45, 2.75) is 25.3 Å². The number of nitrogens with zero attached hydrogens (tertiary/aromatic N) is 2. The van der Waals surface area contributed by atoms with Gasteiger partial charge in [0.15, 0.2) is 0 Å². The molecule has 18 heavy (non-hydrogen) atoms. The minimum Gasteiger partial charge on any atom is -0.481 e.